The van der Waals surface area contributed by atoms with Crippen molar-refractivity contribution in [1.29, 1.82) is 0 Å². The molecular formula is C35H61F9O4Si. The standard InChI is InChI=1S/C35H61F9O4Si/c1-4-6-8-10-12-14-16-18-20-22-24-28(30(45)46)49(3,27-26-32(36,37)33(38,39)34(40,41)35(42,43)44)29(31(47)48)25-23-21-19-17-15-13-11-9-7-5-2/h28-29H,4-27H2,1-3H3,(H,45,46)(H,47,48). The smallest absolute Gasteiger partial charge is 0.460 e. The van der Waals surface area contributed by atoms with Crippen LogP contribution in [0.1, 0.15) is 162 Å². The Hall–Kier alpha value is -1.47. The molecule has 0 radical (unpaired) electrons. The molecule has 0 bridgehead atoms. The number of carboxylic acid groups (broad SMARTS) is 2. The average molecular weight is 745 g/mol. The summed E-state index contributed by atoms with van der Waals surface area (Å²) < 4.78 is 123. The maximum atomic E-state index is 14.7. The van der Waals surface area contributed by atoms with Crippen LogP contribution in [0.5, 0.6) is 0 Å². The van der Waals surface area contributed by atoms with E-state index >= 15 is 0 Å². The topological polar surface area (TPSA) is 74.6 Å². The molecule has 0 aliphatic heterocycles. The summed E-state index contributed by atoms with van der Waals surface area (Å²) in [7, 11) is -4.15. The molecule has 292 valence electrons. The third-order valence-electron chi connectivity index (χ3n) is 10.1. The van der Waals surface area contributed by atoms with Gasteiger partial charge in [0.15, 0.2) is 0 Å². The van der Waals surface area contributed by atoms with Crippen LogP contribution in [0.3, 0.4) is 0 Å². The SMILES string of the molecule is CCCCCCCCCCCCC(C(=O)O)[Si](C)(CCC(F)(F)C(F)(F)C(F)(F)C(F)(F)F)C(CCCCCCCCCCCC)C(=O)O. The summed E-state index contributed by atoms with van der Waals surface area (Å²) in [6, 6.07) is -1.17. The molecule has 0 fully saturated rings. The average Bonchev–Trinajstić information content (AvgIpc) is 3.00. The second-order valence-corrected chi connectivity index (χ2v) is 19.0. The maximum Gasteiger partial charge on any atom is 0.460 e. The number of hydrogen-bond acceptors (Lipinski definition) is 2. The quantitative estimate of drug-likeness (QED) is 0.0421. The van der Waals surface area contributed by atoms with Crippen LogP contribution >= 0.6 is 0 Å². The predicted molar refractivity (Wildman–Crippen MR) is 178 cm³/mol. The zero-order valence-electron chi connectivity index (χ0n) is 29.7. The summed E-state index contributed by atoms with van der Waals surface area (Å²) in [5.74, 6) is -22.8. The molecule has 0 amide bonds. The van der Waals surface area contributed by atoms with Gasteiger partial charge in [0.1, 0.15) is 0 Å². The Balaban J connectivity index is 5.88. The number of unbranched alkanes of at least 4 members (excludes halogenated alkanes) is 18. The minimum atomic E-state index is -7.06. The lowest BCUT2D eigenvalue weighted by Gasteiger charge is -2.41. The van der Waals surface area contributed by atoms with Crippen molar-refractivity contribution in [3.05, 3.63) is 0 Å². The fraction of sp³-hybridized carbons (Fsp3) is 0.943. The first-order valence-corrected chi connectivity index (χ1v) is 21.3. The molecule has 49 heavy (non-hydrogen) atoms. The van der Waals surface area contributed by atoms with Gasteiger partial charge in [-0.3, -0.25) is 9.59 Å². The first-order chi connectivity index (χ1) is 22.7. The van der Waals surface area contributed by atoms with Crippen molar-refractivity contribution in [2.75, 3.05) is 0 Å². The highest BCUT2D eigenvalue weighted by Gasteiger charge is 2.81. The molecule has 2 atom stereocenters. The van der Waals surface area contributed by atoms with Gasteiger partial charge >= 0.3 is 35.9 Å². The summed E-state index contributed by atoms with van der Waals surface area (Å²) >= 11 is 0. The highest BCUT2D eigenvalue weighted by molar-refractivity contribution is 6.86. The van der Waals surface area contributed by atoms with E-state index < -0.39 is 67.5 Å². The van der Waals surface area contributed by atoms with Gasteiger partial charge in [0.25, 0.3) is 0 Å². The van der Waals surface area contributed by atoms with Gasteiger partial charge in [-0.05, 0) is 18.9 Å². The Labute approximate surface area is 288 Å². The normalized spacial score (nSPS) is 15.6. The molecule has 0 aromatic heterocycles. The van der Waals surface area contributed by atoms with E-state index in [1.807, 2.05) is 0 Å². The number of rotatable bonds is 31. The highest BCUT2D eigenvalue weighted by atomic mass is 28.3. The predicted octanol–water partition coefficient (Wildman–Crippen LogP) is 13.5. The number of halogens is 9. The van der Waals surface area contributed by atoms with Crippen LogP contribution in [0.15, 0.2) is 0 Å². The number of aliphatic carboxylic acids is 2. The van der Waals surface area contributed by atoms with Crippen LogP contribution in [-0.2, 0) is 9.59 Å². The minimum Gasteiger partial charge on any atom is -0.481 e. The second kappa shape index (κ2) is 23.2. The molecule has 0 saturated carbocycles. The minimum absolute atomic E-state index is 0.128. The molecule has 0 aliphatic rings. The lowest BCUT2D eigenvalue weighted by atomic mass is 10.0. The zero-order valence-corrected chi connectivity index (χ0v) is 30.7. The molecule has 0 rings (SSSR count). The lowest BCUT2D eigenvalue weighted by molar-refractivity contribution is -0.396. The first-order valence-electron chi connectivity index (χ1n) is 18.4. The Morgan fingerprint density at radius 2 is 0.796 bits per heavy atom. The van der Waals surface area contributed by atoms with E-state index in [1.165, 1.54) is 6.55 Å². The van der Waals surface area contributed by atoms with Gasteiger partial charge in [-0.2, -0.15) is 39.5 Å². The first kappa shape index (κ1) is 47.5. The molecule has 0 aliphatic carbocycles. The third-order valence-corrected chi connectivity index (χ3v) is 15.7. The molecule has 2 unspecified atom stereocenters. The van der Waals surface area contributed by atoms with Crippen molar-refractivity contribution >= 4 is 20.0 Å². The van der Waals surface area contributed by atoms with Gasteiger partial charge in [-0.25, -0.2) is 0 Å². The number of alkyl halides is 9. The Kier molecular flexibility index (Phi) is 22.5. The molecule has 0 aromatic carbocycles. The lowest BCUT2D eigenvalue weighted by Crippen LogP contribution is -2.61. The van der Waals surface area contributed by atoms with Crippen molar-refractivity contribution in [3.63, 3.8) is 0 Å². The maximum absolute atomic E-state index is 14.7. The molecule has 0 heterocycles. The number of hydrogen-bond donors (Lipinski definition) is 2. The van der Waals surface area contributed by atoms with Gasteiger partial charge in [-0.1, -0.05) is 149 Å². The Morgan fingerprint density at radius 3 is 1.06 bits per heavy atom. The molecule has 0 saturated heterocycles. The van der Waals surface area contributed by atoms with E-state index in [-0.39, 0.29) is 12.8 Å². The van der Waals surface area contributed by atoms with Crippen LogP contribution in [0.2, 0.25) is 23.7 Å². The van der Waals surface area contributed by atoms with E-state index in [2.05, 4.69) is 13.8 Å². The fourth-order valence-corrected chi connectivity index (χ4v) is 11.6. The van der Waals surface area contributed by atoms with Crippen molar-refractivity contribution in [2.45, 2.75) is 209 Å². The number of carbonyl (C=O) groups is 2. The van der Waals surface area contributed by atoms with E-state index in [4.69, 9.17) is 0 Å². The van der Waals surface area contributed by atoms with Crippen molar-refractivity contribution < 1.29 is 59.3 Å². The van der Waals surface area contributed by atoms with E-state index in [0.717, 1.165) is 103 Å². The van der Waals surface area contributed by atoms with Gasteiger partial charge in [-0.15, -0.1) is 0 Å². The van der Waals surface area contributed by atoms with Crippen LogP contribution in [-0.4, -0.2) is 54.2 Å². The van der Waals surface area contributed by atoms with Gasteiger partial charge in [0, 0.05) is 6.42 Å². The largest absolute Gasteiger partial charge is 0.481 e. The van der Waals surface area contributed by atoms with Crippen molar-refractivity contribution in [1.82, 2.24) is 0 Å². The van der Waals surface area contributed by atoms with E-state index in [1.54, 1.807) is 0 Å². The number of carboxylic acids is 2. The molecule has 0 spiro atoms. The Bertz CT molecular complexity index is 874. The molecule has 2 N–H and O–H groups in total. The van der Waals surface area contributed by atoms with Crippen LogP contribution in [0.4, 0.5) is 39.5 Å². The van der Waals surface area contributed by atoms with Gasteiger partial charge < -0.3 is 10.2 Å². The van der Waals surface area contributed by atoms with Crippen LogP contribution in [0.25, 0.3) is 0 Å². The summed E-state index contributed by atoms with van der Waals surface area (Å²) in [4.78, 5) is 25.1. The monoisotopic (exact) mass is 744 g/mol. The zero-order chi connectivity index (χ0) is 37.8. The molecular weight excluding hydrogens is 683 g/mol. The summed E-state index contributed by atoms with van der Waals surface area (Å²) in [6.07, 6.45) is 8.63. The molecule has 0 aromatic rings. The fourth-order valence-electron chi connectivity index (χ4n) is 6.72. The van der Waals surface area contributed by atoms with E-state index in [9.17, 15) is 59.3 Å². The van der Waals surface area contributed by atoms with Crippen LogP contribution in [0, 0.1) is 0 Å². The summed E-state index contributed by atoms with van der Waals surface area (Å²) in [5.41, 5.74) is -3.00. The van der Waals surface area contributed by atoms with Gasteiger partial charge in [0.05, 0.1) is 19.2 Å². The summed E-state index contributed by atoms with van der Waals surface area (Å²) in [5, 5.41) is 20.4. The third kappa shape index (κ3) is 15.8. The molecule has 14 heteroatoms. The highest BCUT2D eigenvalue weighted by Crippen LogP contribution is 2.56. The van der Waals surface area contributed by atoms with Crippen molar-refractivity contribution in [3.8, 4) is 0 Å². The van der Waals surface area contributed by atoms with E-state index in [0.29, 0.717) is 25.7 Å². The van der Waals surface area contributed by atoms with Gasteiger partial charge in [0.2, 0.25) is 0 Å². The Morgan fingerprint density at radius 1 is 0.510 bits per heavy atom. The van der Waals surface area contributed by atoms with Crippen LogP contribution < -0.4 is 0 Å². The summed E-state index contributed by atoms with van der Waals surface area (Å²) in [6.45, 7) is 5.41. The van der Waals surface area contributed by atoms with Crippen molar-refractivity contribution in [2.24, 2.45) is 0 Å². The second-order valence-electron chi connectivity index (χ2n) is 14.1. The molecule has 4 nitrogen and oxygen atoms in total.